The fourth-order valence-electron chi connectivity index (χ4n) is 3.11. The molecule has 0 heterocycles. The van der Waals surface area contributed by atoms with Gasteiger partial charge in [-0.2, -0.15) is 0 Å². The van der Waals surface area contributed by atoms with Crippen molar-refractivity contribution < 1.29 is 0 Å². The monoisotopic (exact) mass is 261 g/mol. The molecule has 0 bridgehead atoms. The summed E-state index contributed by atoms with van der Waals surface area (Å²) >= 11 is 2.09. The molecule has 18 heavy (non-hydrogen) atoms. The summed E-state index contributed by atoms with van der Waals surface area (Å²) in [4.78, 5) is 1.46. The quantitative estimate of drug-likeness (QED) is 0.824. The lowest BCUT2D eigenvalue weighted by molar-refractivity contribution is 0.309. The van der Waals surface area contributed by atoms with E-state index < -0.39 is 0 Å². The van der Waals surface area contributed by atoms with Crippen molar-refractivity contribution in [2.24, 2.45) is 5.92 Å². The molecule has 0 saturated heterocycles. The molecule has 3 rings (SSSR count). The van der Waals surface area contributed by atoms with Gasteiger partial charge in [-0.1, -0.05) is 31.9 Å². The molecule has 2 aliphatic carbocycles. The summed E-state index contributed by atoms with van der Waals surface area (Å²) in [6, 6.07) is 9.58. The fourth-order valence-corrected chi connectivity index (χ4v) is 4.45. The van der Waals surface area contributed by atoms with Gasteiger partial charge in [-0.05, 0) is 43.7 Å². The maximum atomic E-state index is 3.73. The first-order valence-electron chi connectivity index (χ1n) is 7.33. The summed E-state index contributed by atoms with van der Waals surface area (Å²) in [6.45, 7) is 2.34. The molecule has 0 aromatic heterocycles. The molecule has 2 saturated carbocycles. The summed E-state index contributed by atoms with van der Waals surface area (Å²) in [6.07, 6.45) is 8.32. The van der Waals surface area contributed by atoms with Gasteiger partial charge >= 0.3 is 0 Å². The second-order valence-corrected chi connectivity index (χ2v) is 7.28. The Morgan fingerprint density at radius 1 is 1.11 bits per heavy atom. The first kappa shape index (κ1) is 12.4. The van der Waals surface area contributed by atoms with E-state index in [1.54, 1.807) is 0 Å². The third-order valence-electron chi connectivity index (χ3n) is 4.22. The van der Waals surface area contributed by atoms with E-state index in [-0.39, 0.29) is 0 Å². The highest BCUT2D eigenvalue weighted by molar-refractivity contribution is 8.00. The van der Waals surface area contributed by atoms with Crippen molar-refractivity contribution in [3.8, 4) is 0 Å². The van der Waals surface area contributed by atoms with Crippen molar-refractivity contribution >= 4 is 17.4 Å². The molecule has 0 unspecified atom stereocenters. The summed E-state index contributed by atoms with van der Waals surface area (Å²) in [7, 11) is 0. The largest absolute Gasteiger partial charge is 0.381 e. The van der Waals surface area contributed by atoms with Crippen LogP contribution in [-0.2, 0) is 0 Å². The van der Waals surface area contributed by atoms with Crippen molar-refractivity contribution in [1.82, 2.24) is 0 Å². The third kappa shape index (κ3) is 2.85. The van der Waals surface area contributed by atoms with Crippen LogP contribution in [0.1, 0.15) is 45.4 Å². The second-order valence-electron chi connectivity index (χ2n) is 5.94. The highest BCUT2D eigenvalue weighted by Crippen LogP contribution is 2.39. The Morgan fingerprint density at radius 3 is 2.56 bits per heavy atom. The van der Waals surface area contributed by atoms with Gasteiger partial charge in [0.15, 0.2) is 0 Å². The van der Waals surface area contributed by atoms with Crippen LogP contribution in [0, 0.1) is 5.92 Å². The number of rotatable bonds is 4. The van der Waals surface area contributed by atoms with E-state index in [1.807, 2.05) is 0 Å². The van der Waals surface area contributed by atoms with Crippen LogP contribution in [0.3, 0.4) is 0 Å². The van der Waals surface area contributed by atoms with E-state index >= 15 is 0 Å². The molecule has 98 valence electrons. The Balaban J connectivity index is 1.64. The average molecular weight is 261 g/mol. The van der Waals surface area contributed by atoms with Gasteiger partial charge in [-0.25, -0.2) is 0 Å². The molecule has 0 spiro atoms. The van der Waals surface area contributed by atoms with Gasteiger partial charge in [0.2, 0.25) is 0 Å². The first-order chi connectivity index (χ1) is 8.81. The number of thioether (sulfide) groups is 1. The zero-order valence-corrected chi connectivity index (χ0v) is 12.0. The number of hydrogen-bond acceptors (Lipinski definition) is 2. The van der Waals surface area contributed by atoms with Crippen LogP contribution in [0.25, 0.3) is 0 Å². The molecule has 2 fully saturated rings. The highest BCUT2D eigenvalue weighted by atomic mass is 32.2. The normalized spacial score (nSPS) is 28.1. The standard InChI is InChI=1S/C16H23NS/c1-12-10-13(11-12)17-15-8-4-5-9-16(15)18-14-6-2-3-7-14/h4-5,8-9,12-14,17H,2-3,6-7,10-11H2,1H3. The molecule has 1 nitrogen and oxygen atoms in total. The Labute approximate surface area is 115 Å². The van der Waals surface area contributed by atoms with Crippen LogP contribution in [0.4, 0.5) is 5.69 Å². The third-order valence-corrected chi connectivity index (χ3v) is 5.63. The second kappa shape index (κ2) is 5.56. The number of benzene rings is 1. The van der Waals surface area contributed by atoms with E-state index in [1.165, 1.54) is 49.1 Å². The smallest absolute Gasteiger partial charge is 0.0480 e. The summed E-state index contributed by atoms with van der Waals surface area (Å²) in [5, 5.41) is 4.59. The van der Waals surface area contributed by atoms with Crippen LogP contribution in [0.2, 0.25) is 0 Å². The lowest BCUT2D eigenvalue weighted by Crippen LogP contribution is -2.33. The van der Waals surface area contributed by atoms with Crippen LogP contribution >= 0.6 is 11.8 Å². The molecule has 0 amide bonds. The van der Waals surface area contributed by atoms with E-state index in [0.29, 0.717) is 6.04 Å². The topological polar surface area (TPSA) is 12.0 Å². The van der Waals surface area contributed by atoms with Gasteiger partial charge in [0.1, 0.15) is 0 Å². The van der Waals surface area contributed by atoms with Gasteiger partial charge in [0.05, 0.1) is 0 Å². The van der Waals surface area contributed by atoms with Gasteiger partial charge in [0.25, 0.3) is 0 Å². The molecular formula is C16H23NS. The molecule has 0 atom stereocenters. The molecule has 1 aromatic rings. The van der Waals surface area contributed by atoms with E-state index in [2.05, 4.69) is 48.3 Å². The van der Waals surface area contributed by atoms with Gasteiger partial charge in [0, 0.05) is 21.9 Å². The summed E-state index contributed by atoms with van der Waals surface area (Å²) in [5.74, 6) is 0.914. The first-order valence-corrected chi connectivity index (χ1v) is 8.21. The fraction of sp³-hybridized carbons (Fsp3) is 0.625. The number of hydrogen-bond donors (Lipinski definition) is 1. The van der Waals surface area contributed by atoms with Crippen molar-refractivity contribution in [1.29, 1.82) is 0 Å². The van der Waals surface area contributed by atoms with Crippen LogP contribution in [0.15, 0.2) is 29.2 Å². The van der Waals surface area contributed by atoms with E-state index in [9.17, 15) is 0 Å². The molecule has 1 N–H and O–H groups in total. The maximum Gasteiger partial charge on any atom is 0.0480 e. The average Bonchev–Trinajstić information content (AvgIpc) is 2.82. The van der Waals surface area contributed by atoms with Gasteiger partial charge in [-0.15, -0.1) is 11.8 Å². The van der Waals surface area contributed by atoms with Gasteiger partial charge < -0.3 is 5.32 Å². The minimum Gasteiger partial charge on any atom is -0.381 e. The SMILES string of the molecule is CC1CC(Nc2ccccc2SC2CCCC2)C1. The number of nitrogens with one attached hydrogen (secondary N) is 1. The Hall–Kier alpha value is -0.630. The van der Waals surface area contributed by atoms with Crippen molar-refractivity contribution in [3.63, 3.8) is 0 Å². The summed E-state index contributed by atoms with van der Waals surface area (Å²) < 4.78 is 0. The minimum atomic E-state index is 0.713. The molecule has 2 aliphatic rings. The highest BCUT2D eigenvalue weighted by Gasteiger charge is 2.26. The lowest BCUT2D eigenvalue weighted by Gasteiger charge is -2.34. The minimum absolute atomic E-state index is 0.713. The van der Waals surface area contributed by atoms with E-state index in [4.69, 9.17) is 0 Å². The predicted octanol–water partition coefficient (Wildman–Crippen LogP) is 4.93. The molecule has 0 aliphatic heterocycles. The van der Waals surface area contributed by atoms with Crippen molar-refractivity contribution in [2.75, 3.05) is 5.32 Å². The van der Waals surface area contributed by atoms with Crippen LogP contribution in [0.5, 0.6) is 0 Å². The molecule has 0 radical (unpaired) electrons. The summed E-state index contributed by atoms with van der Waals surface area (Å²) in [5.41, 5.74) is 1.37. The van der Waals surface area contributed by atoms with E-state index in [0.717, 1.165) is 11.2 Å². The predicted molar refractivity (Wildman–Crippen MR) is 80.4 cm³/mol. The maximum absolute atomic E-state index is 3.73. The zero-order chi connectivity index (χ0) is 12.4. The Morgan fingerprint density at radius 2 is 1.83 bits per heavy atom. The van der Waals surface area contributed by atoms with Crippen LogP contribution in [-0.4, -0.2) is 11.3 Å². The van der Waals surface area contributed by atoms with Crippen molar-refractivity contribution in [3.05, 3.63) is 24.3 Å². The van der Waals surface area contributed by atoms with Crippen LogP contribution < -0.4 is 5.32 Å². The number of anilines is 1. The molecular weight excluding hydrogens is 238 g/mol. The van der Waals surface area contributed by atoms with Crippen molar-refractivity contribution in [2.45, 2.75) is 61.6 Å². The Bertz CT molecular complexity index is 392. The van der Waals surface area contributed by atoms with Gasteiger partial charge in [-0.3, -0.25) is 0 Å². The zero-order valence-electron chi connectivity index (χ0n) is 11.2. The Kier molecular flexibility index (Phi) is 3.83. The number of para-hydroxylation sites is 1. The molecule has 2 heteroatoms. The lowest BCUT2D eigenvalue weighted by atomic mass is 9.82. The molecule has 1 aromatic carbocycles.